The van der Waals surface area contributed by atoms with E-state index in [4.69, 9.17) is 21.8 Å². The fourth-order valence-corrected chi connectivity index (χ4v) is 2.24. The van der Waals surface area contributed by atoms with Gasteiger partial charge in [0, 0.05) is 28.0 Å². The molecule has 0 spiro atoms. The summed E-state index contributed by atoms with van der Waals surface area (Å²) < 4.78 is 6.46. The first-order valence-corrected chi connectivity index (χ1v) is 5.97. The molecule has 0 saturated heterocycles. The number of halogens is 2. The minimum atomic E-state index is 0.527. The van der Waals surface area contributed by atoms with E-state index < -0.39 is 0 Å². The Bertz CT molecular complexity index is 478. The number of hydrogen-bond acceptors (Lipinski definition) is 3. The Morgan fingerprint density at radius 3 is 2.88 bits per heavy atom. The molecule has 2 aromatic rings. The Labute approximate surface area is 107 Å². The van der Waals surface area contributed by atoms with Crippen LogP contribution in [0.25, 0.3) is 11.3 Å². The largest absolute Gasteiger partial charge is 0.441 e. The highest BCUT2D eigenvalue weighted by Crippen LogP contribution is 2.27. The summed E-state index contributed by atoms with van der Waals surface area (Å²) in [4.78, 5) is 4.14. The Morgan fingerprint density at radius 1 is 1.38 bits per heavy atom. The van der Waals surface area contributed by atoms with Gasteiger partial charge >= 0.3 is 0 Å². The van der Waals surface area contributed by atoms with Crippen LogP contribution >= 0.6 is 27.5 Å². The van der Waals surface area contributed by atoms with Crippen molar-refractivity contribution in [3.05, 3.63) is 39.8 Å². The van der Waals surface area contributed by atoms with Gasteiger partial charge in [0.05, 0.1) is 6.20 Å². The third kappa shape index (κ3) is 2.64. The molecule has 0 bridgehead atoms. The Kier molecular flexibility index (Phi) is 3.63. The lowest BCUT2D eigenvalue weighted by molar-refractivity contribution is 0.508. The molecule has 0 aliphatic rings. The zero-order valence-corrected chi connectivity index (χ0v) is 10.8. The van der Waals surface area contributed by atoms with Crippen molar-refractivity contribution < 1.29 is 4.42 Å². The van der Waals surface area contributed by atoms with Crippen LogP contribution in [0.3, 0.4) is 0 Å². The van der Waals surface area contributed by atoms with Gasteiger partial charge in [-0.2, -0.15) is 0 Å². The molecule has 1 aromatic heterocycles. The molecule has 84 valence electrons. The van der Waals surface area contributed by atoms with Crippen molar-refractivity contribution in [2.45, 2.75) is 6.42 Å². The van der Waals surface area contributed by atoms with Crippen LogP contribution in [0.15, 0.2) is 33.3 Å². The highest BCUT2D eigenvalue weighted by atomic mass is 79.9. The molecule has 16 heavy (non-hydrogen) atoms. The quantitative estimate of drug-likeness (QED) is 0.946. The normalized spacial score (nSPS) is 10.7. The first-order chi connectivity index (χ1) is 7.69. The molecule has 0 aliphatic carbocycles. The maximum Gasteiger partial charge on any atom is 0.196 e. The van der Waals surface area contributed by atoms with Crippen molar-refractivity contribution in [2.24, 2.45) is 5.73 Å². The van der Waals surface area contributed by atoms with Gasteiger partial charge in [0.15, 0.2) is 11.7 Å². The highest BCUT2D eigenvalue weighted by Gasteiger charge is 2.07. The van der Waals surface area contributed by atoms with Gasteiger partial charge in [-0.15, -0.1) is 0 Å². The maximum atomic E-state index is 5.96. The molecule has 3 nitrogen and oxygen atoms in total. The molecule has 1 aromatic carbocycles. The van der Waals surface area contributed by atoms with Crippen molar-refractivity contribution in [2.75, 3.05) is 6.54 Å². The van der Waals surface area contributed by atoms with Crippen molar-refractivity contribution in [1.29, 1.82) is 0 Å². The second kappa shape index (κ2) is 4.99. The fourth-order valence-electron chi connectivity index (χ4n) is 1.38. The highest BCUT2D eigenvalue weighted by molar-refractivity contribution is 9.10. The van der Waals surface area contributed by atoms with Crippen molar-refractivity contribution >= 4 is 27.5 Å². The topological polar surface area (TPSA) is 52.0 Å². The Hall–Kier alpha value is -0.840. The van der Waals surface area contributed by atoms with Gasteiger partial charge in [0.25, 0.3) is 0 Å². The maximum absolute atomic E-state index is 5.96. The molecule has 0 fully saturated rings. The average Bonchev–Trinajstić information content (AvgIpc) is 2.65. The Balaban J connectivity index is 2.34. The van der Waals surface area contributed by atoms with Crippen LogP contribution in [0, 0.1) is 0 Å². The monoisotopic (exact) mass is 300 g/mol. The first kappa shape index (κ1) is 11.6. The molecular weight excluding hydrogens is 291 g/mol. The second-order valence-electron chi connectivity index (χ2n) is 3.32. The van der Waals surface area contributed by atoms with Gasteiger partial charge in [-0.1, -0.05) is 27.5 Å². The number of rotatable bonds is 3. The average molecular weight is 302 g/mol. The van der Waals surface area contributed by atoms with E-state index in [0.717, 1.165) is 10.0 Å². The molecule has 2 N–H and O–H groups in total. The van der Waals surface area contributed by atoms with Gasteiger partial charge in [-0.3, -0.25) is 0 Å². The zero-order valence-electron chi connectivity index (χ0n) is 8.41. The number of hydrogen-bond donors (Lipinski definition) is 1. The molecule has 1 heterocycles. The minimum Gasteiger partial charge on any atom is -0.441 e. The number of oxazole rings is 1. The molecule has 0 radical (unpaired) electrons. The van der Waals surface area contributed by atoms with E-state index in [1.165, 1.54) is 0 Å². The predicted octanol–water partition coefficient (Wildman–Crippen LogP) is 3.26. The van der Waals surface area contributed by atoms with Gasteiger partial charge in [-0.05, 0) is 18.2 Å². The number of nitrogens with two attached hydrogens (primary N) is 1. The molecular formula is C11H10BrClN2O. The van der Waals surface area contributed by atoms with E-state index in [2.05, 4.69) is 20.9 Å². The van der Waals surface area contributed by atoms with E-state index in [1.807, 2.05) is 18.2 Å². The summed E-state index contributed by atoms with van der Waals surface area (Å²) in [6.07, 6.45) is 2.32. The molecule has 0 unspecified atom stereocenters. The SMILES string of the molecule is NCCc1ncc(-c2cc(Cl)cc(Br)c2)o1. The van der Waals surface area contributed by atoms with Crippen molar-refractivity contribution in [1.82, 2.24) is 4.98 Å². The van der Waals surface area contributed by atoms with Crippen LogP contribution in [0.2, 0.25) is 5.02 Å². The van der Waals surface area contributed by atoms with Crippen LogP contribution in [0.1, 0.15) is 5.89 Å². The summed E-state index contributed by atoms with van der Waals surface area (Å²) in [5.41, 5.74) is 6.33. The van der Waals surface area contributed by atoms with Crippen molar-refractivity contribution in [3.8, 4) is 11.3 Å². The number of nitrogens with zero attached hydrogens (tertiary/aromatic N) is 1. The lowest BCUT2D eigenvalue weighted by Crippen LogP contribution is -2.02. The van der Waals surface area contributed by atoms with Gasteiger partial charge in [0.2, 0.25) is 0 Å². The van der Waals surface area contributed by atoms with E-state index in [1.54, 1.807) is 6.20 Å². The first-order valence-electron chi connectivity index (χ1n) is 4.80. The predicted molar refractivity (Wildman–Crippen MR) is 67.4 cm³/mol. The third-order valence-corrected chi connectivity index (χ3v) is 2.73. The summed E-state index contributed by atoms with van der Waals surface area (Å²) in [6, 6.07) is 5.58. The third-order valence-electron chi connectivity index (χ3n) is 2.06. The van der Waals surface area contributed by atoms with E-state index in [-0.39, 0.29) is 0 Å². The smallest absolute Gasteiger partial charge is 0.196 e. The summed E-state index contributed by atoms with van der Waals surface area (Å²) in [5, 5.41) is 0.654. The zero-order chi connectivity index (χ0) is 11.5. The molecule has 0 aliphatic heterocycles. The van der Waals surface area contributed by atoms with Crippen LogP contribution in [0.5, 0.6) is 0 Å². The lowest BCUT2D eigenvalue weighted by atomic mass is 10.2. The second-order valence-corrected chi connectivity index (χ2v) is 4.67. The summed E-state index contributed by atoms with van der Waals surface area (Å²) in [5.74, 6) is 1.35. The van der Waals surface area contributed by atoms with Gasteiger partial charge in [-0.25, -0.2) is 4.98 Å². The molecule has 0 saturated carbocycles. The van der Waals surface area contributed by atoms with Crippen LogP contribution < -0.4 is 5.73 Å². The summed E-state index contributed by atoms with van der Waals surface area (Å²) >= 11 is 9.34. The van der Waals surface area contributed by atoms with Crippen molar-refractivity contribution in [3.63, 3.8) is 0 Å². The molecule has 5 heteroatoms. The van der Waals surface area contributed by atoms with Crippen LogP contribution in [-0.2, 0) is 6.42 Å². The minimum absolute atomic E-state index is 0.527. The van der Waals surface area contributed by atoms with E-state index in [9.17, 15) is 0 Å². The standard InChI is InChI=1S/C11H10BrClN2O/c12-8-3-7(4-9(13)5-8)10-6-15-11(16-10)1-2-14/h3-6H,1-2,14H2. The Morgan fingerprint density at radius 2 is 2.19 bits per heavy atom. The van der Waals surface area contributed by atoms with E-state index >= 15 is 0 Å². The van der Waals surface area contributed by atoms with Crippen LogP contribution in [-0.4, -0.2) is 11.5 Å². The van der Waals surface area contributed by atoms with Gasteiger partial charge < -0.3 is 10.2 Å². The summed E-state index contributed by atoms with van der Waals surface area (Å²) in [7, 11) is 0. The fraction of sp³-hybridized carbons (Fsp3) is 0.182. The lowest BCUT2D eigenvalue weighted by Gasteiger charge is -1.99. The number of aromatic nitrogens is 1. The summed E-state index contributed by atoms with van der Waals surface area (Å²) in [6.45, 7) is 0.527. The van der Waals surface area contributed by atoms with Gasteiger partial charge in [0.1, 0.15) is 0 Å². The van der Waals surface area contributed by atoms with Crippen LogP contribution in [0.4, 0.5) is 0 Å². The molecule has 0 atom stereocenters. The molecule has 0 amide bonds. The molecule has 2 rings (SSSR count). The van der Waals surface area contributed by atoms with E-state index in [0.29, 0.717) is 29.6 Å². The number of benzene rings is 1.